The number of aliphatic hydroxyl groups is 1. The van der Waals surface area contributed by atoms with Crippen LogP contribution in [0.1, 0.15) is 0 Å². The van der Waals surface area contributed by atoms with E-state index in [0.29, 0.717) is 0 Å². The minimum atomic E-state index is -4.14. The summed E-state index contributed by atoms with van der Waals surface area (Å²) in [5.74, 6) is -2.03. The first-order valence-electron chi connectivity index (χ1n) is 2.94. The first kappa shape index (κ1) is 15.9. The van der Waals surface area contributed by atoms with Gasteiger partial charge >= 0.3 is 0 Å². The van der Waals surface area contributed by atoms with E-state index in [1.807, 2.05) is 0 Å². The molecule has 0 saturated heterocycles. The molecule has 0 radical (unpaired) electrons. The highest BCUT2D eigenvalue weighted by Gasteiger charge is 2.57. The number of hydrogen-bond acceptors (Lipinski definition) is 3. The molecule has 0 fully saturated rings. The number of halogens is 6. The first-order valence-corrected chi connectivity index (χ1v) is 6.90. The van der Waals surface area contributed by atoms with E-state index < -0.39 is 20.5 Å². The Labute approximate surface area is 111 Å². The van der Waals surface area contributed by atoms with Gasteiger partial charge in [0, 0.05) is 7.11 Å². The van der Waals surface area contributed by atoms with E-state index in [2.05, 4.69) is 4.52 Å². The zero-order valence-corrected chi connectivity index (χ0v) is 12.0. The maximum absolute atomic E-state index is 11.8. The van der Waals surface area contributed by atoms with E-state index >= 15 is 0 Å². The maximum atomic E-state index is 11.8. The summed E-state index contributed by atoms with van der Waals surface area (Å²) >= 11 is 32.0. The standard InChI is InChI=1S/C4H5Cl6O3P/c1-13-14(12,4(8,9)10)2(11)3(5,6)7/h2,11H,1H3. The van der Waals surface area contributed by atoms with Crippen LogP contribution in [0.2, 0.25) is 0 Å². The third kappa shape index (κ3) is 3.44. The summed E-state index contributed by atoms with van der Waals surface area (Å²) < 4.78 is 11.6. The Balaban J connectivity index is 5.19. The molecular formula is C4H5Cl6O3P. The molecule has 86 valence electrons. The minimum Gasteiger partial charge on any atom is -0.379 e. The van der Waals surface area contributed by atoms with Crippen molar-refractivity contribution in [2.24, 2.45) is 0 Å². The molecule has 0 aliphatic heterocycles. The predicted molar refractivity (Wildman–Crippen MR) is 61.2 cm³/mol. The lowest BCUT2D eigenvalue weighted by Gasteiger charge is -2.31. The Morgan fingerprint density at radius 2 is 1.57 bits per heavy atom. The Hall–Kier alpha value is 1.89. The first-order chi connectivity index (χ1) is 5.97. The molecule has 14 heavy (non-hydrogen) atoms. The second-order valence-corrected chi connectivity index (χ2v) is 10.3. The van der Waals surface area contributed by atoms with Crippen LogP contribution < -0.4 is 0 Å². The van der Waals surface area contributed by atoms with Crippen molar-refractivity contribution in [1.82, 2.24) is 0 Å². The number of hydrogen-bond donors (Lipinski definition) is 1. The minimum absolute atomic E-state index is 0.974. The number of alkyl halides is 6. The quantitative estimate of drug-likeness (QED) is 0.610. The van der Waals surface area contributed by atoms with Gasteiger partial charge in [-0.05, 0) is 0 Å². The van der Waals surface area contributed by atoms with Gasteiger partial charge < -0.3 is 9.63 Å². The van der Waals surface area contributed by atoms with Crippen LogP contribution >= 0.6 is 77.0 Å². The van der Waals surface area contributed by atoms with E-state index in [1.165, 1.54) is 0 Å². The highest BCUT2D eigenvalue weighted by Crippen LogP contribution is 2.71. The van der Waals surface area contributed by atoms with Gasteiger partial charge in [0.2, 0.25) is 3.79 Å². The van der Waals surface area contributed by atoms with Crippen molar-refractivity contribution in [3.63, 3.8) is 0 Å². The third-order valence-electron chi connectivity index (χ3n) is 1.24. The summed E-state index contributed by atoms with van der Waals surface area (Å²) in [5, 5.41) is 9.40. The molecule has 0 aliphatic rings. The normalized spacial score (nSPS) is 20.3. The smallest absolute Gasteiger partial charge is 0.284 e. The largest absolute Gasteiger partial charge is 0.379 e. The van der Waals surface area contributed by atoms with Crippen LogP contribution in [0, 0.1) is 0 Å². The molecule has 0 spiro atoms. The highest BCUT2D eigenvalue weighted by atomic mass is 35.6. The molecule has 0 aliphatic carbocycles. The lowest BCUT2D eigenvalue weighted by Crippen LogP contribution is -2.30. The van der Waals surface area contributed by atoms with Gasteiger partial charge in [-0.3, -0.25) is 4.57 Å². The Bertz CT molecular complexity index is 244. The molecule has 0 saturated carbocycles. The van der Waals surface area contributed by atoms with Gasteiger partial charge in [0.05, 0.1) is 0 Å². The summed E-state index contributed by atoms with van der Waals surface area (Å²) in [5.41, 5.74) is 0. The Kier molecular flexibility index (Phi) is 5.71. The van der Waals surface area contributed by atoms with Gasteiger partial charge in [0.1, 0.15) is 0 Å². The fourth-order valence-electron chi connectivity index (χ4n) is 0.535. The van der Waals surface area contributed by atoms with Crippen molar-refractivity contribution in [1.29, 1.82) is 0 Å². The summed E-state index contributed by atoms with van der Waals surface area (Å²) in [4.78, 5) is 0. The number of rotatable bonds is 2. The van der Waals surface area contributed by atoms with Crippen molar-refractivity contribution in [3.05, 3.63) is 0 Å². The van der Waals surface area contributed by atoms with E-state index in [-0.39, 0.29) is 0 Å². The third-order valence-corrected chi connectivity index (χ3v) is 6.72. The maximum Gasteiger partial charge on any atom is 0.284 e. The van der Waals surface area contributed by atoms with E-state index in [1.54, 1.807) is 0 Å². The van der Waals surface area contributed by atoms with Crippen LogP contribution in [-0.4, -0.2) is 25.4 Å². The molecule has 0 heterocycles. The second-order valence-electron chi connectivity index (χ2n) is 2.16. The summed E-state index contributed by atoms with van der Waals surface area (Å²) in [6, 6.07) is 0. The summed E-state index contributed by atoms with van der Waals surface area (Å²) in [6.45, 7) is 0. The van der Waals surface area contributed by atoms with Gasteiger partial charge in [-0.1, -0.05) is 69.6 Å². The van der Waals surface area contributed by atoms with Gasteiger partial charge in [-0.15, -0.1) is 0 Å². The molecule has 1 N–H and O–H groups in total. The van der Waals surface area contributed by atoms with E-state index in [0.717, 1.165) is 7.11 Å². The van der Waals surface area contributed by atoms with Gasteiger partial charge in [-0.25, -0.2) is 0 Å². The van der Waals surface area contributed by atoms with Crippen LogP contribution in [0.15, 0.2) is 0 Å². The fraction of sp³-hybridized carbons (Fsp3) is 1.00. The van der Waals surface area contributed by atoms with Crippen LogP contribution in [0.4, 0.5) is 0 Å². The molecule has 0 rings (SSSR count). The summed E-state index contributed by atoms with van der Waals surface area (Å²) in [7, 11) is -3.17. The predicted octanol–water partition coefficient (Wildman–Crippen LogP) is 3.93. The SMILES string of the molecule is COP(=O)(C(O)C(Cl)(Cl)Cl)C(Cl)(Cl)Cl. The van der Waals surface area contributed by atoms with Crippen LogP contribution in [-0.2, 0) is 9.09 Å². The zero-order valence-electron chi connectivity index (χ0n) is 6.56. The number of aliphatic hydroxyl groups excluding tert-OH is 1. The molecule has 2 unspecified atom stereocenters. The van der Waals surface area contributed by atoms with Gasteiger partial charge in [-0.2, -0.15) is 0 Å². The molecule has 0 amide bonds. The second kappa shape index (κ2) is 5.03. The Morgan fingerprint density at radius 1 is 1.21 bits per heavy atom. The molecule has 3 nitrogen and oxygen atoms in total. The molecule has 0 bridgehead atoms. The lowest BCUT2D eigenvalue weighted by molar-refractivity contribution is 0.223. The highest BCUT2D eigenvalue weighted by molar-refractivity contribution is 7.68. The molecule has 0 aromatic rings. The Morgan fingerprint density at radius 3 is 1.64 bits per heavy atom. The van der Waals surface area contributed by atoms with Crippen molar-refractivity contribution in [3.8, 4) is 0 Å². The van der Waals surface area contributed by atoms with Crippen molar-refractivity contribution < 1.29 is 14.2 Å². The zero-order chi connectivity index (χ0) is 11.8. The average molecular weight is 345 g/mol. The molecule has 2 atom stereocenters. The molecule has 0 aromatic carbocycles. The van der Waals surface area contributed by atoms with E-state index in [9.17, 15) is 9.67 Å². The topological polar surface area (TPSA) is 46.5 Å². The van der Waals surface area contributed by atoms with Gasteiger partial charge in [0.25, 0.3) is 10.9 Å². The van der Waals surface area contributed by atoms with Crippen molar-refractivity contribution in [2.45, 2.75) is 13.2 Å². The van der Waals surface area contributed by atoms with Crippen LogP contribution in [0.25, 0.3) is 0 Å². The van der Waals surface area contributed by atoms with Crippen LogP contribution in [0.5, 0.6) is 0 Å². The fourth-order valence-corrected chi connectivity index (χ4v) is 4.21. The van der Waals surface area contributed by atoms with Gasteiger partial charge in [0.15, 0.2) is 5.85 Å². The van der Waals surface area contributed by atoms with E-state index in [4.69, 9.17) is 69.6 Å². The van der Waals surface area contributed by atoms with Crippen molar-refractivity contribution >= 4 is 77.0 Å². The van der Waals surface area contributed by atoms with Crippen molar-refractivity contribution in [2.75, 3.05) is 7.11 Å². The monoisotopic (exact) mass is 342 g/mol. The molecule has 10 heteroatoms. The lowest BCUT2D eigenvalue weighted by atomic mass is 10.8. The molecule has 0 aromatic heterocycles. The summed E-state index contributed by atoms with van der Waals surface area (Å²) in [6.07, 6.45) is 0. The van der Waals surface area contributed by atoms with Crippen LogP contribution in [0.3, 0.4) is 0 Å². The molecular weight excluding hydrogens is 340 g/mol. The average Bonchev–Trinajstić information content (AvgIpc) is 1.97.